The first-order valence-corrected chi connectivity index (χ1v) is 9.68. The molecule has 7 heteroatoms. The first-order chi connectivity index (χ1) is 14.5. The molecular weight excluding hydrogens is 384 g/mol. The van der Waals surface area contributed by atoms with Crippen LogP contribution in [0.2, 0.25) is 0 Å². The summed E-state index contributed by atoms with van der Waals surface area (Å²) < 4.78 is 9.99. The summed E-state index contributed by atoms with van der Waals surface area (Å²) in [5.74, 6) is -1.53. The lowest BCUT2D eigenvalue weighted by atomic mass is 9.88. The molecule has 2 atom stereocenters. The quantitative estimate of drug-likeness (QED) is 0.673. The number of aromatic amines is 1. The Kier molecular flexibility index (Phi) is 5.27. The summed E-state index contributed by atoms with van der Waals surface area (Å²) in [6.07, 6.45) is 0.307. The summed E-state index contributed by atoms with van der Waals surface area (Å²) in [6, 6.07) is 15.9. The van der Waals surface area contributed by atoms with Crippen LogP contribution in [0.5, 0.6) is 0 Å². The number of hydrogen-bond donors (Lipinski definition) is 1. The van der Waals surface area contributed by atoms with Crippen molar-refractivity contribution in [3.8, 4) is 0 Å². The summed E-state index contributed by atoms with van der Waals surface area (Å²) in [4.78, 5) is 42.1. The highest BCUT2D eigenvalue weighted by atomic mass is 16.5. The van der Waals surface area contributed by atoms with E-state index in [0.717, 1.165) is 27.7 Å². The van der Waals surface area contributed by atoms with Gasteiger partial charge in [0.25, 0.3) is 5.91 Å². The Morgan fingerprint density at radius 2 is 1.77 bits per heavy atom. The van der Waals surface area contributed by atoms with Crippen molar-refractivity contribution in [2.75, 3.05) is 13.7 Å². The van der Waals surface area contributed by atoms with Crippen LogP contribution in [0.1, 0.15) is 29.8 Å². The molecular formula is C23H22N2O5. The van der Waals surface area contributed by atoms with E-state index in [1.165, 1.54) is 18.9 Å². The summed E-state index contributed by atoms with van der Waals surface area (Å²) in [7, 11) is 1.30. The molecule has 0 spiro atoms. The van der Waals surface area contributed by atoms with Crippen molar-refractivity contribution in [3.63, 3.8) is 0 Å². The monoisotopic (exact) mass is 406 g/mol. The smallest absolute Gasteiger partial charge is 0.328 e. The van der Waals surface area contributed by atoms with Crippen LogP contribution in [0, 0.1) is 0 Å². The minimum Gasteiger partial charge on any atom is -0.467 e. The third kappa shape index (κ3) is 3.43. The molecule has 7 nitrogen and oxygen atoms in total. The Morgan fingerprint density at radius 1 is 1.07 bits per heavy atom. The summed E-state index contributed by atoms with van der Waals surface area (Å²) in [6.45, 7) is 0.799. The molecule has 0 fully saturated rings. The van der Waals surface area contributed by atoms with E-state index < -0.39 is 36.5 Å². The molecule has 2 aromatic carbocycles. The van der Waals surface area contributed by atoms with E-state index in [2.05, 4.69) is 4.98 Å². The lowest BCUT2D eigenvalue weighted by Gasteiger charge is -2.40. The topological polar surface area (TPSA) is 88.7 Å². The van der Waals surface area contributed by atoms with Crippen LogP contribution in [0.3, 0.4) is 0 Å². The van der Waals surface area contributed by atoms with Gasteiger partial charge in [-0.15, -0.1) is 0 Å². The van der Waals surface area contributed by atoms with Crippen LogP contribution >= 0.6 is 0 Å². The molecule has 2 heterocycles. The van der Waals surface area contributed by atoms with Crippen LogP contribution in [0.15, 0.2) is 54.6 Å². The molecule has 1 N–H and O–H groups in total. The largest absolute Gasteiger partial charge is 0.467 e. The van der Waals surface area contributed by atoms with E-state index in [9.17, 15) is 14.4 Å². The number of ether oxygens (including phenoxy) is 2. The normalized spacial score (nSPS) is 18.0. The van der Waals surface area contributed by atoms with Crippen molar-refractivity contribution in [3.05, 3.63) is 71.4 Å². The average Bonchev–Trinajstić information content (AvgIpc) is 3.14. The Morgan fingerprint density at radius 3 is 2.47 bits per heavy atom. The Balaban J connectivity index is 1.90. The standard InChI is InChI=1S/C23H22N2O5/c1-14(26)30-13-20(27)25-19(23(28)29-2)12-17-16-10-6-7-11-18(16)24-21(17)22(25)15-8-4-3-5-9-15/h3-11,19,22,24H,12-13H2,1-2H3/t19-,22+/m1/s1. The van der Waals surface area contributed by atoms with Gasteiger partial charge >= 0.3 is 11.9 Å². The number of carbonyl (C=O) groups is 3. The highest BCUT2D eigenvalue weighted by Gasteiger charge is 2.44. The molecule has 1 aliphatic heterocycles. The van der Waals surface area contributed by atoms with Crippen LogP contribution in [-0.2, 0) is 30.3 Å². The van der Waals surface area contributed by atoms with Crippen molar-refractivity contribution in [1.29, 1.82) is 0 Å². The number of nitrogens with one attached hydrogen (secondary N) is 1. The van der Waals surface area contributed by atoms with Gasteiger partial charge in [-0.2, -0.15) is 0 Å². The van der Waals surface area contributed by atoms with Crippen LogP contribution < -0.4 is 0 Å². The highest BCUT2D eigenvalue weighted by molar-refractivity contribution is 5.91. The Labute approximate surface area is 173 Å². The fourth-order valence-corrected chi connectivity index (χ4v) is 4.14. The molecule has 0 radical (unpaired) electrons. The molecule has 0 bridgehead atoms. The molecule has 1 aliphatic rings. The van der Waals surface area contributed by atoms with Crippen molar-refractivity contribution in [2.45, 2.75) is 25.4 Å². The van der Waals surface area contributed by atoms with Gasteiger partial charge in [0.05, 0.1) is 13.2 Å². The number of amides is 1. The maximum absolute atomic E-state index is 13.2. The molecule has 1 aromatic heterocycles. The highest BCUT2D eigenvalue weighted by Crippen LogP contribution is 2.41. The number of H-pyrrole nitrogens is 1. The second-order valence-electron chi connectivity index (χ2n) is 7.20. The SMILES string of the molecule is COC(=O)[C@H]1Cc2c([nH]c3ccccc23)[C@H](c2ccccc2)N1C(=O)COC(C)=O. The number of methoxy groups -OCH3 is 1. The van der Waals surface area contributed by atoms with Gasteiger partial charge in [-0.3, -0.25) is 9.59 Å². The number of nitrogens with zero attached hydrogens (tertiary/aromatic N) is 1. The Bertz CT molecular complexity index is 1110. The van der Waals surface area contributed by atoms with Crippen molar-refractivity contribution < 1.29 is 23.9 Å². The molecule has 3 aromatic rings. The number of para-hydroxylation sites is 1. The fourth-order valence-electron chi connectivity index (χ4n) is 4.14. The zero-order valence-electron chi connectivity index (χ0n) is 16.8. The van der Waals surface area contributed by atoms with E-state index in [1.54, 1.807) is 0 Å². The number of aromatic nitrogens is 1. The zero-order valence-corrected chi connectivity index (χ0v) is 16.8. The van der Waals surface area contributed by atoms with E-state index in [0.29, 0.717) is 6.42 Å². The van der Waals surface area contributed by atoms with Crippen LogP contribution in [0.25, 0.3) is 10.9 Å². The molecule has 0 saturated carbocycles. The van der Waals surface area contributed by atoms with E-state index in [-0.39, 0.29) is 0 Å². The van der Waals surface area contributed by atoms with Gasteiger partial charge in [0.1, 0.15) is 6.04 Å². The number of carbonyl (C=O) groups excluding carboxylic acids is 3. The molecule has 154 valence electrons. The van der Waals surface area contributed by atoms with Gasteiger partial charge in [-0.05, 0) is 17.2 Å². The maximum atomic E-state index is 13.2. The molecule has 30 heavy (non-hydrogen) atoms. The first-order valence-electron chi connectivity index (χ1n) is 9.68. The van der Waals surface area contributed by atoms with E-state index >= 15 is 0 Å². The number of rotatable bonds is 4. The van der Waals surface area contributed by atoms with Crippen molar-refractivity contribution in [1.82, 2.24) is 9.88 Å². The molecule has 0 saturated heterocycles. The predicted molar refractivity (Wildman–Crippen MR) is 110 cm³/mol. The lowest BCUT2D eigenvalue weighted by Crippen LogP contribution is -2.53. The number of benzene rings is 2. The van der Waals surface area contributed by atoms with Crippen LogP contribution in [0.4, 0.5) is 0 Å². The average molecular weight is 406 g/mol. The summed E-state index contributed by atoms with van der Waals surface area (Å²) in [5, 5.41) is 1.01. The summed E-state index contributed by atoms with van der Waals surface area (Å²) in [5.41, 5.74) is 3.60. The zero-order chi connectivity index (χ0) is 21.3. The molecule has 4 rings (SSSR count). The third-order valence-corrected chi connectivity index (χ3v) is 5.41. The van der Waals surface area contributed by atoms with Gasteiger partial charge in [0, 0.05) is 29.9 Å². The maximum Gasteiger partial charge on any atom is 0.328 e. The number of fused-ring (bicyclic) bond motifs is 3. The van der Waals surface area contributed by atoms with Gasteiger partial charge in [-0.25, -0.2) is 4.79 Å². The van der Waals surface area contributed by atoms with Crippen LogP contribution in [-0.4, -0.2) is 47.5 Å². The minimum absolute atomic E-state index is 0.307. The third-order valence-electron chi connectivity index (χ3n) is 5.41. The van der Waals surface area contributed by atoms with E-state index in [1.807, 2.05) is 54.6 Å². The van der Waals surface area contributed by atoms with Gasteiger partial charge < -0.3 is 19.4 Å². The Hall–Kier alpha value is -3.61. The summed E-state index contributed by atoms with van der Waals surface area (Å²) >= 11 is 0. The second kappa shape index (κ2) is 8.02. The molecule has 0 aliphatic carbocycles. The number of esters is 2. The van der Waals surface area contributed by atoms with Gasteiger partial charge in [0.15, 0.2) is 6.61 Å². The van der Waals surface area contributed by atoms with Crippen molar-refractivity contribution >= 4 is 28.7 Å². The fraction of sp³-hybridized carbons (Fsp3) is 0.261. The first kappa shape index (κ1) is 19.7. The molecule has 1 amide bonds. The lowest BCUT2D eigenvalue weighted by molar-refractivity contribution is -0.159. The van der Waals surface area contributed by atoms with E-state index in [4.69, 9.17) is 9.47 Å². The van der Waals surface area contributed by atoms with Gasteiger partial charge in [0.2, 0.25) is 0 Å². The number of hydrogen-bond acceptors (Lipinski definition) is 5. The molecule has 0 unspecified atom stereocenters. The predicted octanol–water partition coefficient (Wildman–Crippen LogP) is 2.75. The minimum atomic E-state index is -0.838. The van der Waals surface area contributed by atoms with Gasteiger partial charge in [-0.1, -0.05) is 48.5 Å². The van der Waals surface area contributed by atoms with Crippen molar-refractivity contribution in [2.24, 2.45) is 0 Å². The second-order valence-corrected chi connectivity index (χ2v) is 7.20.